The Morgan fingerprint density at radius 3 is 2.55 bits per heavy atom. The molecule has 0 N–H and O–H groups in total. The van der Waals surface area contributed by atoms with Crippen molar-refractivity contribution in [3.8, 4) is 0 Å². The highest BCUT2D eigenvalue weighted by atomic mass is 35.5. The first-order chi connectivity index (χ1) is 20.1. The van der Waals surface area contributed by atoms with Gasteiger partial charge in [-0.2, -0.15) is 13.2 Å². The summed E-state index contributed by atoms with van der Waals surface area (Å²) in [5, 5.41) is 8.82. The van der Waals surface area contributed by atoms with Crippen molar-refractivity contribution in [1.29, 1.82) is 0 Å². The van der Waals surface area contributed by atoms with Crippen LogP contribution in [0.15, 0.2) is 60.9 Å². The van der Waals surface area contributed by atoms with E-state index < -0.39 is 17.6 Å². The first-order valence-electron chi connectivity index (χ1n) is 13.7. The largest absolute Gasteiger partial charge is 0.416 e. The number of rotatable bonds is 6. The van der Waals surface area contributed by atoms with Crippen molar-refractivity contribution in [2.24, 2.45) is 7.05 Å². The van der Waals surface area contributed by atoms with Crippen LogP contribution in [0.5, 0.6) is 0 Å². The molecule has 11 heteroatoms. The number of hydrogen-bond donors (Lipinski definition) is 0. The van der Waals surface area contributed by atoms with Crippen LogP contribution in [0.3, 0.4) is 0 Å². The number of amides is 1. The zero-order valence-corrected chi connectivity index (χ0v) is 23.5. The lowest BCUT2D eigenvalue weighted by atomic mass is 9.75. The number of alkyl halides is 3. The van der Waals surface area contributed by atoms with Gasteiger partial charge in [0, 0.05) is 54.8 Å². The first-order valence-corrected chi connectivity index (χ1v) is 14.0. The van der Waals surface area contributed by atoms with Crippen LogP contribution < -0.4 is 4.90 Å². The Morgan fingerprint density at radius 1 is 1.02 bits per heavy atom. The van der Waals surface area contributed by atoms with Gasteiger partial charge in [-0.05, 0) is 64.2 Å². The molecule has 4 heterocycles. The van der Waals surface area contributed by atoms with E-state index in [1.807, 2.05) is 48.0 Å². The Bertz CT molecular complexity index is 1720. The number of aromatic nitrogens is 3. The predicted octanol–water partition coefficient (Wildman–Crippen LogP) is 5.67. The number of ether oxygens (including phenoxy) is 1. The van der Waals surface area contributed by atoms with Crippen molar-refractivity contribution < 1.29 is 22.7 Å². The van der Waals surface area contributed by atoms with Gasteiger partial charge in [0.25, 0.3) is 5.91 Å². The molecule has 0 aliphatic carbocycles. The highest BCUT2D eigenvalue weighted by Crippen LogP contribution is 2.42. The summed E-state index contributed by atoms with van der Waals surface area (Å²) in [4.78, 5) is 17.2. The topological polar surface area (TPSA) is 63.5 Å². The second-order valence-electron chi connectivity index (χ2n) is 11.5. The van der Waals surface area contributed by atoms with Gasteiger partial charge in [-0.15, -0.1) is 10.2 Å². The van der Waals surface area contributed by atoms with Gasteiger partial charge in [-0.3, -0.25) is 9.69 Å². The zero-order valence-electron chi connectivity index (χ0n) is 22.8. The normalized spacial score (nSPS) is 17.8. The van der Waals surface area contributed by atoms with E-state index in [0.717, 1.165) is 22.5 Å². The molecule has 42 heavy (non-hydrogen) atoms. The molecule has 7 rings (SSSR count). The predicted molar refractivity (Wildman–Crippen MR) is 150 cm³/mol. The lowest BCUT2D eigenvalue weighted by Crippen LogP contribution is -2.49. The van der Waals surface area contributed by atoms with E-state index in [1.54, 1.807) is 18.5 Å². The SMILES string of the molecule is Cn1cnnc1CC1(c2cccc(N3Cc4c(cc(CN5Cc6ccc(Cl)cc6C5)cc4C(F)(F)F)C3=O)c2)COC1. The molecule has 216 valence electrons. The summed E-state index contributed by atoms with van der Waals surface area (Å²) >= 11 is 6.13. The van der Waals surface area contributed by atoms with E-state index in [0.29, 0.717) is 49.0 Å². The molecule has 1 aromatic heterocycles. The Balaban J connectivity index is 1.18. The van der Waals surface area contributed by atoms with Crippen LogP contribution >= 0.6 is 11.6 Å². The molecule has 0 saturated carbocycles. The quantitative estimate of drug-likeness (QED) is 0.288. The number of aryl methyl sites for hydroxylation is 1. The minimum Gasteiger partial charge on any atom is -0.379 e. The summed E-state index contributed by atoms with van der Waals surface area (Å²) < 4.78 is 50.5. The molecule has 1 fully saturated rings. The van der Waals surface area contributed by atoms with Gasteiger partial charge in [-0.25, -0.2) is 0 Å². The van der Waals surface area contributed by atoms with Crippen molar-refractivity contribution >= 4 is 23.2 Å². The van der Waals surface area contributed by atoms with Crippen LogP contribution in [-0.4, -0.2) is 38.8 Å². The van der Waals surface area contributed by atoms with E-state index >= 15 is 0 Å². The standard InChI is InChI=1S/C31H27ClF3N5O2/c1-38-18-36-37-28(38)11-30(16-42-17-30)22-3-2-4-24(10-22)40-15-26-25(29(40)41)7-19(8-27(26)31(33,34)35)12-39-13-20-5-6-23(32)9-21(20)14-39/h2-10,18H,11-17H2,1H3. The maximum Gasteiger partial charge on any atom is 0.416 e. The van der Waals surface area contributed by atoms with Crippen LogP contribution in [0.1, 0.15) is 49.6 Å². The molecular formula is C31H27ClF3N5O2. The van der Waals surface area contributed by atoms with Crippen molar-refractivity contribution in [3.63, 3.8) is 0 Å². The van der Waals surface area contributed by atoms with Crippen LogP contribution in [0.2, 0.25) is 5.02 Å². The number of benzene rings is 3. The Hall–Kier alpha value is -3.73. The fourth-order valence-electron chi connectivity index (χ4n) is 6.32. The third kappa shape index (κ3) is 4.67. The minimum atomic E-state index is -4.59. The lowest BCUT2D eigenvalue weighted by molar-refractivity contribution is -0.138. The van der Waals surface area contributed by atoms with Gasteiger partial charge >= 0.3 is 6.18 Å². The van der Waals surface area contributed by atoms with Crippen molar-refractivity contribution in [3.05, 3.63) is 111 Å². The van der Waals surface area contributed by atoms with E-state index in [1.165, 1.54) is 11.0 Å². The monoisotopic (exact) mass is 593 g/mol. The molecule has 0 spiro atoms. The van der Waals surface area contributed by atoms with Gasteiger partial charge in [0.15, 0.2) is 0 Å². The number of halogens is 4. The third-order valence-corrected chi connectivity index (χ3v) is 8.83. The zero-order chi connectivity index (χ0) is 29.2. The lowest BCUT2D eigenvalue weighted by Gasteiger charge is -2.42. The number of fused-ring (bicyclic) bond motifs is 2. The summed E-state index contributed by atoms with van der Waals surface area (Å²) in [5.41, 5.74) is 3.13. The number of carbonyl (C=O) groups excluding carboxylic acids is 1. The summed E-state index contributed by atoms with van der Waals surface area (Å²) in [6.07, 6.45) is -2.36. The van der Waals surface area contributed by atoms with Gasteiger partial charge in [0.05, 0.1) is 25.3 Å². The summed E-state index contributed by atoms with van der Waals surface area (Å²) in [7, 11) is 1.88. The molecule has 3 aromatic carbocycles. The molecule has 7 nitrogen and oxygen atoms in total. The summed E-state index contributed by atoms with van der Waals surface area (Å²) in [6.45, 7) is 2.29. The molecule has 3 aliphatic rings. The smallest absolute Gasteiger partial charge is 0.379 e. The number of hydrogen-bond acceptors (Lipinski definition) is 5. The van der Waals surface area contributed by atoms with E-state index in [2.05, 4.69) is 15.1 Å². The van der Waals surface area contributed by atoms with Crippen molar-refractivity contribution in [2.75, 3.05) is 18.1 Å². The average molecular weight is 594 g/mol. The molecule has 0 unspecified atom stereocenters. The minimum absolute atomic E-state index is 0.0129. The van der Waals surface area contributed by atoms with Crippen LogP contribution in [0, 0.1) is 0 Å². The molecule has 0 atom stereocenters. The fourth-order valence-corrected chi connectivity index (χ4v) is 6.51. The maximum absolute atomic E-state index is 14.4. The third-order valence-electron chi connectivity index (χ3n) is 8.60. The second kappa shape index (κ2) is 9.93. The highest BCUT2D eigenvalue weighted by molar-refractivity contribution is 6.30. The fraction of sp³-hybridized carbons (Fsp3) is 0.323. The van der Waals surface area contributed by atoms with Crippen molar-refractivity contribution in [1.82, 2.24) is 19.7 Å². The first kappa shape index (κ1) is 27.1. The Kier molecular flexibility index (Phi) is 6.41. The summed E-state index contributed by atoms with van der Waals surface area (Å²) in [5.74, 6) is 0.373. The van der Waals surface area contributed by atoms with Gasteiger partial charge in [0.1, 0.15) is 12.2 Å². The summed E-state index contributed by atoms with van der Waals surface area (Å²) in [6, 6.07) is 16.0. The molecular weight excluding hydrogens is 567 g/mol. The van der Waals surface area contributed by atoms with Gasteiger partial charge in [0.2, 0.25) is 0 Å². The van der Waals surface area contributed by atoms with E-state index in [4.69, 9.17) is 16.3 Å². The number of nitrogens with zero attached hydrogens (tertiary/aromatic N) is 5. The molecule has 3 aliphatic heterocycles. The van der Waals surface area contributed by atoms with E-state index in [-0.39, 0.29) is 29.6 Å². The Labute approximate surface area is 245 Å². The molecule has 0 bridgehead atoms. The molecule has 0 radical (unpaired) electrons. The average Bonchev–Trinajstić information content (AvgIpc) is 3.61. The second-order valence-corrected chi connectivity index (χ2v) is 11.9. The number of anilines is 1. The molecule has 1 saturated heterocycles. The number of carbonyl (C=O) groups is 1. The maximum atomic E-state index is 14.4. The van der Waals surface area contributed by atoms with Gasteiger partial charge in [-0.1, -0.05) is 29.8 Å². The highest BCUT2D eigenvalue weighted by Gasteiger charge is 2.43. The van der Waals surface area contributed by atoms with E-state index in [9.17, 15) is 18.0 Å². The molecule has 1 amide bonds. The Morgan fingerprint density at radius 2 is 1.83 bits per heavy atom. The van der Waals surface area contributed by atoms with Crippen LogP contribution in [0.4, 0.5) is 18.9 Å². The van der Waals surface area contributed by atoms with Gasteiger partial charge < -0.3 is 14.2 Å². The van der Waals surface area contributed by atoms with Crippen LogP contribution in [0.25, 0.3) is 0 Å². The van der Waals surface area contributed by atoms with Crippen molar-refractivity contribution in [2.45, 2.75) is 44.2 Å². The molecule has 4 aromatic rings. The van der Waals surface area contributed by atoms with Crippen LogP contribution in [-0.2, 0) is 56.0 Å².